The van der Waals surface area contributed by atoms with Crippen LogP contribution in [0.3, 0.4) is 0 Å². The normalized spacial score (nSPS) is 12.1. The summed E-state index contributed by atoms with van der Waals surface area (Å²) in [6.07, 6.45) is 2.37. The zero-order valence-electron chi connectivity index (χ0n) is 20.9. The maximum Gasteiger partial charge on any atom is 0.335 e. The number of methoxy groups -OCH3 is 1. The second-order valence-electron chi connectivity index (χ2n) is 8.63. The van der Waals surface area contributed by atoms with E-state index in [9.17, 15) is 14.7 Å². The van der Waals surface area contributed by atoms with Crippen LogP contribution in [-0.2, 0) is 6.61 Å². The molecule has 0 aliphatic rings. The molecule has 0 amide bonds. The molecule has 1 heterocycles. The lowest BCUT2D eigenvalue weighted by atomic mass is 10.1. The van der Waals surface area contributed by atoms with E-state index in [0.717, 1.165) is 10.9 Å². The predicted octanol–water partition coefficient (Wildman–Crippen LogP) is 6.60. The lowest BCUT2D eigenvalue weighted by Gasteiger charge is -2.15. The smallest absolute Gasteiger partial charge is 0.335 e. The van der Waals surface area contributed by atoms with Crippen molar-refractivity contribution in [3.63, 3.8) is 0 Å². The summed E-state index contributed by atoms with van der Waals surface area (Å²) in [4.78, 5) is 29.4. The Hall–Kier alpha value is -3.50. The van der Waals surface area contributed by atoms with Crippen LogP contribution < -0.4 is 15.0 Å². The van der Waals surface area contributed by atoms with Gasteiger partial charge in [0, 0.05) is 10.4 Å². The van der Waals surface area contributed by atoms with Crippen molar-refractivity contribution in [1.29, 1.82) is 0 Å². The van der Waals surface area contributed by atoms with Gasteiger partial charge in [0.2, 0.25) is 0 Å². The fourth-order valence-corrected chi connectivity index (χ4v) is 4.74. The molecule has 38 heavy (non-hydrogen) atoms. The van der Waals surface area contributed by atoms with Crippen LogP contribution in [0.4, 0.5) is 0 Å². The highest BCUT2D eigenvalue weighted by Crippen LogP contribution is 2.37. The number of nitrogens with zero attached hydrogens (tertiary/aromatic N) is 3. The molecule has 1 atom stereocenters. The molecule has 196 valence electrons. The SMILES string of the molecule is CC[C@H](C)c1nc2ccc(Br)cc2c(=O)n1N=Cc1cc(Br)c(OCc2cccc(C(=O)O)c2)c(OC)c1. The standard InChI is InChI=1S/C28H25Br2N3O5/c1-4-16(2)26-32-23-9-8-20(29)13-21(23)27(34)33(26)31-14-18-11-22(30)25(24(12-18)37-3)38-15-17-6-5-7-19(10-17)28(35)36/h5-14,16H,4,15H2,1-3H3,(H,35,36)/t16-/m0/s1. The average molecular weight is 643 g/mol. The van der Waals surface area contributed by atoms with E-state index in [0.29, 0.717) is 43.8 Å². The molecule has 1 N–H and O–H groups in total. The van der Waals surface area contributed by atoms with Gasteiger partial charge in [0.15, 0.2) is 11.5 Å². The van der Waals surface area contributed by atoms with E-state index >= 15 is 0 Å². The number of hydrogen-bond acceptors (Lipinski definition) is 6. The van der Waals surface area contributed by atoms with Gasteiger partial charge in [-0.2, -0.15) is 9.78 Å². The number of carboxylic acid groups (broad SMARTS) is 1. The maximum absolute atomic E-state index is 13.4. The van der Waals surface area contributed by atoms with Crippen molar-refractivity contribution in [2.75, 3.05) is 7.11 Å². The number of benzene rings is 3. The molecule has 4 aromatic rings. The van der Waals surface area contributed by atoms with Crippen LogP contribution in [0.2, 0.25) is 0 Å². The van der Waals surface area contributed by atoms with Crippen molar-refractivity contribution in [2.24, 2.45) is 5.10 Å². The van der Waals surface area contributed by atoms with Gasteiger partial charge in [-0.05, 0) is 75.9 Å². The van der Waals surface area contributed by atoms with Gasteiger partial charge in [-0.1, -0.05) is 41.9 Å². The molecule has 0 saturated carbocycles. The number of aromatic carboxylic acids is 1. The summed E-state index contributed by atoms with van der Waals surface area (Å²) in [5.74, 6) is 0.507. The highest BCUT2D eigenvalue weighted by atomic mass is 79.9. The van der Waals surface area contributed by atoms with Gasteiger partial charge >= 0.3 is 5.97 Å². The molecule has 0 spiro atoms. The van der Waals surface area contributed by atoms with Crippen molar-refractivity contribution in [1.82, 2.24) is 9.66 Å². The van der Waals surface area contributed by atoms with Gasteiger partial charge in [0.1, 0.15) is 12.4 Å². The number of fused-ring (bicyclic) bond motifs is 1. The van der Waals surface area contributed by atoms with Crippen molar-refractivity contribution < 1.29 is 19.4 Å². The molecule has 0 aliphatic heterocycles. The topological polar surface area (TPSA) is 103 Å². The first kappa shape index (κ1) is 27.5. The fraction of sp³-hybridized carbons (Fsp3) is 0.214. The molecule has 0 saturated heterocycles. The van der Waals surface area contributed by atoms with Crippen LogP contribution in [0.15, 0.2) is 73.4 Å². The number of carbonyl (C=O) groups is 1. The number of ether oxygens (including phenoxy) is 2. The molecule has 1 aromatic heterocycles. The van der Waals surface area contributed by atoms with Crippen LogP contribution in [0.5, 0.6) is 11.5 Å². The second-order valence-corrected chi connectivity index (χ2v) is 10.4. The van der Waals surface area contributed by atoms with Gasteiger partial charge in [0.05, 0.1) is 34.3 Å². The number of aromatic nitrogens is 2. The van der Waals surface area contributed by atoms with E-state index in [1.54, 1.807) is 42.6 Å². The first-order valence-corrected chi connectivity index (χ1v) is 13.4. The number of hydrogen-bond donors (Lipinski definition) is 1. The zero-order chi connectivity index (χ0) is 27.4. The number of carboxylic acids is 1. The Bertz CT molecular complexity index is 1600. The molecule has 8 nitrogen and oxygen atoms in total. The molecule has 0 unspecified atom stereocenters. The largest absolute Gasteiger partial charge is 0.493 e. The Morgan fingerprint density at radius 1 is 1.18 bits per heavy atom. The molecular weight excluding hydrogens is 618 g/mol. The number of halogens is 2. The summed E-state index contributed by atoms with van der Waals surface area (Å²) < 4.78 is 14.3. The molecule has 4 rings (SSSR count). The third kappa shape index (κ3) is 5.97. The predicted molar refractivity (Wildman–Crippen MR) is 154 cm³/mol. The van der Waals surface area contributed by atoms with Gasteiger partial charge in [-0.25, -0.2) is 9.78 Å². The van der Waals surface area contributed by atoms with Crippen molar-refractivity contribution in [2.45, 2.75) is 32.8 Å². The Morgan fingerprint density at radius 3 is 2.68 bits per heavy atom. The minimum atomic E-state index is -1.00. The summed E-state index contributed by atoms with van der Waals surface area (Å²) in [5.41, 5.74) is 1.94. The van der Waals surface area contributed by atoms with Crippen molar-refractivity contribution in [3.05, 3.63) is 96.4 Å². The summed E-state index contributed by atoms with van der Waals surface area (Å²) in [5, 5.41) is 14.2. The molecular formula is C28H25Br2N3O5. The molecule has 0 bridgehead atoms. The Labute approximate surface area is 236 Å². The van der Waals surface area contributed by atoms with Crippen molar-refractivity contribution >= 4 is 54.9 Å². The van der Waals surface area contributed by atoms with Gasteiger partial charge in [0.25, 0.3) is 5.56 Å². The van der Waals surface area contributed by atoms with Crippen LogP contribution >= 0.6 is 31.9 Å². The van der Waals surface area contributed by atoms with E-state index in [4.69, 9.17) is 14.5 Å². The van der Waals surface area contributed by atoms with Gasteiger partial charge in [-0.15, -0.1) is 0 Å². The molecule has 10 heteroatoms. The second kappa shape index (κ2) is 11.9. The van der Waals surface area contributed by atoms with E-state index in [1.807, 2.05) is 26.0 Å². The lowest BCUT2D eigenvalue weighted by molar-refractivity contribution is 0.0696. The first-order chi connectivity index (χ1) is 18.2. The fourth-order valence-electron chi connectivity index (χ4n) is 3.81. The summed E-state index contributed by atoms with van der Waals surface area (Å²) in [6, 6.07) is 15.5. The molecule has 0 fully saturated rings. The van der Waals surface area contributed by atoms with Crippen molar-refractivity contribution in [3.8, 4) is 11.5 Å². The third-order valence-electron chi connectivity index (χ3n) is 6.02. The van der Waals surface area contributed by atoms with E-state index in [-0.39, 0.29) is 23.6 Å². The Morgan fingerprint density at radius 2 is 1.97 bits per heavy atom. The Balaban J connectivity index is 1.68. The quantitative estimate of drug-likeness (QED) is 0.206. The lowest BCUT2D eigenvalue weighted by Crippen LogP contribution is -2.23. The van der Waals surface area contributed by atoms with Crippen LogP contribution in [0, 0.1) is 0 Å². The zero-order valence-corrected chi connectivity index (χ0v) is 24.1. The highest BCUT2D eigenvalue weighted by Gasteiger charge is 2.16. The Kier molecular flexibility index (Phi) is 8.63. The van der Waals surface area contributed by atoms with Crippen LogP contribution in [-0.4, -0.2) is 34.1 Å². The summed E-state index contributed by atoms with van der Waals surface area (Å²) in [7, 11) is 1.53. The maximum atomic E-state index is 13.4. The minimum Gasteiger partial charge on any atom is -0.493 e. The number of rotatable bonds is 9. The summed E-state index contributed by atoms with van der Waals surface area (Å²) in [6.45, 7) is 4.20. The van der Waals surface area contributed by atoms with E-state index < -0.39 is 5.97 Å². The minimum absolute atomic E-state index is 0.0181. The summed E-state index contributed by atoms with van der Waals surface area (Å²) >= 11 is 6.96. The van der Waals surface area contributed by atoms with Gasteiger partial charge < -0.3 is 14.6 Å². The van der Waals surface area contributed by atoms with Gasteiger partial charge in [-0.3, -0.25) is 4.79 Å². The van der Waals surface area contributed by atoms with Crippen LogP contribution in [0.25, 0.3) is 10.9 Å². The monoisotopic (exact) mass is 641 g/mol. The molecule has 0 radical (unpaired) electrons. The average Bonchev–Trinajstić information content (AvgIpc) is 2.91. The third-order valence-corrected chi connectivity index (χ3v) is 7.10. The first-order valence-electron chi connectivity index (χ1n) is 11.8. The highest BCUT2D eigenvalue weighted by molar-refractivity contribution is 9.10. The molecule has 0 aliphatic carbocycles. The van der Waals surface area contributed by atoms with Crippen LogP contribution in [0.1, 0.15) is 53.5 Å². The van der Waals surface area contributed by atoms with E-state index in [2.05, 4.69) is 37.0 Å². The van der Waals surface area contributed by atoms with E-state index in [1.165, 1.54) is 17.9 Å². The molecule has 3 aromatic carbocycles.